The second-order valence-corrected chi connectivity index (χ2v) is 16.3. The minimum Gasteiger partial charge on any atom is -0.265 e. The van der Waals surface area contributed by atoms with Gasteiger partial charge in [0.25, 0.3) is 0 Å². The van der Waals surface area contributed by atoms with E-state index in [1.807, 2.05) is 42.7 Å². The van der Waals surface area contributed by atoms with Gasteiger partial charge in [0.2, 0.25) is 0 Å². The van der Waals surface area contributed by atoms with E-state index in [1.54, 1.807) is 0 Å². The van der Waals surface area contributed by atoms with E-state index in [2.05, 4.69) is 187 Å². The van der Waals surface area contributed by atoms with Crippen molar-refractivity contribution >= 4 is 0 Å². The Hall–Kier alpha value is -8.52. The first kappa shape index (κ1) is 36.3. The summed E-state index contributed by atoms with van der Waals surface area (Å²) in [6.45, 7) is 0. The lowest BCUT2D eigenvalue weighted by molar-refractivity contribution is 0.793. The highest BCUT2D eigenvalue weighted by atomic mass is 14.9. The molecule has 10 aromatic rings. The van der Waals surface area contributed by atoms with E-state index in [0.29, 0.717) is 11.4 Å². The van der Waals surface area contributed by atoms with Gasteiger partial charge in [-0.05, 0) is 132 Å². The first-order chi connectivity index (χ1) is 31.2. The summed E-state index contributed by atoms with van der Waals surface area (Å²) in [5.74, 6) is 0.665. The van der Waals surface area contributed by atoms with Crippen LogP contribution >= 0.6 is 0 Å². The normalized spacial score (nSPS) is 12.6. The van der Waals surface area contributed by atoms with Crippen molar-refractivity contribution < 1.29 is 0 Å². The van der Waals surface area contributed by atoms with Crippen molar-refractivity contribution in [3.05, 3.63) is 246 Å². The molecule has 2 aliphatic carbocycles. The van der Waals surface area contributed by atoms with Crippen LogP contribution in [0.2, 0.25) is 0 Å². The molecule has 0 N–H and O–H groups in total. The molecule has 2 aliphatic rings. The quantitative estimate of drug-likeness (QED) is 0.168. The molecule has 12 rings (SSSR count). The second-order valence-electron chi connectivity index (χ2n) is 16.3. The third-order valence-electron chi connectivity index (χ3n) is 12.8. The zero-order valence-corrected chi connectivity index (χ0v) is 34.1. The molecule has 0 amide bonds. The van der Waals surface area contributed by atoms with E-state index in [9.17, 15) is 5.26 Å². The van der Waals surface area contributed by atoms with E-state index < -0.39 is 5.41 Å². The zero-order valence-electron chi connectivity index (χ0n) is 34.1. The molecule has 0 radical (unpaired) electrons. The van der Waals surface area contributed by atoms with E-state index in [-0.39, 0.29) is 0 Å². The van der Waals surface area contributed by atoms with Crippen molar-refractivity contribution in [3.8, 4) is 95.6 Å². The Labute approximate surface area is 366 Å². The van der Waals surface area contributed by atoms with Crippen LogP contribution in [0.4, 0.5) is 0 Å². The van der Waals surface area contributed by atoms with Gasteiger partial charge in [-0.25, -0.2) is 9.97 Å². The Bertz CT molecular complexity index is 3400. The molecule has 0 unspecified atom stereocenters. The second kappa shape index (κ2) is 14.6. The standard InChI is InChI=1S/C59H36N4/c60-37-38-19-25-50-51-26-24-44(35-55(51)59(54(50)31-38)52-17-9-7-15-48(52)49-16-8-10-18-53(49)59)46-32-45(41-27-29-61-30-28-41)33-47(34-46)57-36-56(62-58(63-57)43-13-5-2-6-14-43)42-22-20-40(21-23-42)39-11-3-1-4-12-39/h1-36H. The molecule has 4 heteroatoms. The zero-order chi connectivity index (χ0) is 41.9. The average Bonchev–Trinajstić information content (AvgIpc) is 3.83. The van der Waals surface area contributed by atoms with Crippen LogP contribution in [0.15, 0.2) is 219 Å². The summed E-state index contributed by atoms with van der Waals surface area (Å²) in [5, 5.41) is 10.2. The minimum absolute atomic E-state index is 0.589. The van der Waals surface area contributed by atoms with Crippen LogP contribution in [-0.4, -0.2) is 15.0 Å². The average molecular weight is 801 g/mol. The number of hydrogen-bond donors (Lipinski definition) is 0. The highest BCUT2D eigenvalue weighted by Crippen LogP contribution is 2.63. The van der Waals surface area contributed by atoms with Crippen molar-refractivity contribution in [1.29, 1.82) is 5.26 Å². The van der Waals surface area contributed by atoms with Gasteiger partial charge in [0.1, 0.15) is 0 Å². The molecule has 0 atom stereocenters. The summed E-state index contributed by atoms with van der Waals surface area (Å²) in [4.78, 5) is 14.8. The Kier molecular flexibility index (Phi) is 8.42. The van der Waals surface area contributed by atoms with E-state index in [0.717, 1.165) is 67.0 Å². The summed E-state index contributed by atoms with van der Waals surface area (Å²) >= 11 is 0. The molecule has 292 valence electrons. The van der Waals surface area contributed by atoms with Crippen LogP contribution < -0.4 is 0 Å². The Morgan fingerprint density at radius 3 is 1.48 bits per heavy atom. The molecule has 0 saturated carbocycles. The van der Waals surface area contributed by atoms with E-state index in [4.69, 9.17) is 9.97 Å². The van der Waals surface area contributed by atoms with Gasteiger partial charge in [-0.15, -0.1) is 0 Å². The van der Waals surface area contributed by atoms with Gasteiger partial charge in [-0.2, -0.15) is 5.26 Å². The van der Waals surface area contributed by atoms with Crippen molar-refractivity contribution in [2.45, 2.75) is 5.41 Å². The fourth-order valence-electron chi connectivity index (χ4n) is 9.96. The number of hydrogen-bond acceptors (Lipinski definition) is 4. The number of rotatable bonds is 6. The van der Waals surface area contributed by atoms with Gasteiger partial charge in [0.05, 0.1) is 28.4 Å². The maximum Gasteiger partial charge on any atom is 0.160 e. The largest absolute Gasteiger partial charge is 0.265 e. The monoisotopic (exact) mass is 800 g/mol. The van der Waals surface area contributed by atoms with Gasteiger partial charge in [-0.1, -0.05) is 152 Å². The molecule has 0 fully saturated rings. The maximum absolute atomic E-state index is 10.2. The molecule has 2 heterocycles. The fourth-order valence-corrected chi connectivity index (χ4v) is 9.96. The van der Waals surface area contributed by atoms with Crippen LogP contribution in [0.5, 0.6) is 0 Å². The van der Waals surface area contributed by atoms with Crippen LogP contribution in [-0.2, 0) is 5.41 Å². The predicted octanol–water partition coefficient (Wildman–Crippen LogP) is 14.1. The third-order valence-corrected chi connectivity index (χ3v) is 12.8. The summed E-state index contributed by atoms with van der Waals surface area (Å²) in [5.41, 5.74) is 20.9. The number of fused-ring (bicyclic) bond motifs is 10. The van der Waals surface area contributed by atoms with Crippen LogP contribution in [0.25, 0.3) is 89.5 Å². The summed E-state index contributed by atoms with van der Waals surface area (Å²) in [6.07, 6.45) is 3.69. The first-order valence-corrected chi connectivity index (χ1v) is 21.2. The molecule has 63 heavy (non-hydrogen) atoms. The molecular weight excluding hydrogens is 765 g/mol. The van der Waals surface area contributed by atoms with Crippen LogP contribution in [0.1, 0.15) is 27.8 Å². The molecule has 0 aliphatic heterocycles. The van der Waals surface area contributed by atoms with Gasteiger partial charge in [0.15, 0.2) is 5.82 Å². The molecule has 4 nitrogen and oxygen atoms in total. The topological polar surface area (TPSA) is 62.5 Å². The molecule has 0 bridgehead atoms. The lowest BCUT2D eigenvalue weighted by atomic mass is 9.70. The smallest absolute Gasteiger partial charge is 0.160 e. The number of nitriles is 1. The Morgan fingerprint density at radius 1 is 0.333 bits per heavy atom. The number of aromatic nitrogens is 3. The van der Waals surface area contributed by atoms with Gasteiger partial charge < -0.3 is 0 Å². The molecule has 1 spiro atoms. The molecule has 0 saturated heterocycles. The molecule has 2 aromatic heterocycles. The highest BCUT2D eigenvalue weighted by Gasteiger charge is 2.51. The van der Waals surface area contributed by atoms with Crippen LogP contribution in [0.3, 0.4) is 0 Å². The Morgan fingerprint density at radius 2 is 0.810 bits per heavy atom. The van der Waals surface area contributed by atoms with Crippen molar-refractivity contribution in [2.75, 3.05) is 0 Å². The van der Waals surface area contributed by atoms with Crippen molar-refractivity contribution in [1.82, 2.24) is 15.0 Å². The lowest BCUT2D eigenvalue weighted by Crippen LogP contribution is -2.26. The molecule has 8 aromatic carbocycles. The number of nitrogens with zero attached hydrogens (tertiary/aromatic N) is 4. The lowest BCUT2D eigenvalue weighted by Gasteiger charge is -2.30. The predicted molar refractivity (Wildman–Crippen MR) is 253 cm³/mol. The highest BCUT2D eigenvalue weighted by molar-refractivity contribution is 5.96. The van der Waals surface area contributed by atoms with Gasteiger partial charge >= 0.3 is 0 Å². The Balaban J connectivity index is 1.07. The van der Waals surface area contributed by atoms with Crippen molar-refractivity contribution in [2.24, 2.45) is 0 Å². The summed E-state index contributed by atoms with van der Waals surface area (Å²) < 4.78 is 0. The van der Waals surface area contributed by atoms with Crippen molar-refractivity contribution in [3.63, 3.8) is 0 Å². The number of benzene rings is 8. The van der Waals surface area contributed by atoms with E-state index in [1.165, 1.54) is 38.9 Å². The first-order valence-electron chi connectivity index (χ1n) is 21.2. The minimum atomic E-state index is -0.589. The van der Waals surface area contributed by atoms with E-state index >= 15 is 0 Å². The molecular formula is C59H36N4. The third kappa shape index (κ3) is 5.86. The summed E-state index contributed by atoms with van der Waals surface area (Å²) in [6, 6.07) is 75.4. The fraction of sp³-hybridized carbons (Fsp3) is 0.0169. The van der Waals surface area contributed by atoms with Gasteiger partial charge in [0, 0.05) is 29.1 Å². The number of pyridine rings is 1. The van der Waals surface area contributed by atoms with Crippen LogP contribution in [0, 0.1) is 11.3 Å². The summed E-state index contributed by atoms with van der Waals surface area (Å²) in [7, 11) is 0. The maximum atomic E-state index is 10.2. The SMILES string of the molecule is N#Cc1ccc2c(c1)C1(c3ccccc3-c3ccccc31)c1cc(-c3cc(-c4ccncc4)cc(-c4cc(-c5ccc(-c6ccccc6)cc5)nc(-c5ccccc5)n4)c3)ccc1-2. The van der Waals surface area contributed by atoms with Gasteiger partial charge in [-0.3, -0.25) is 4.98 Å².